The quantitative estimate of drug-likeness (QED) is 0.233. The fraction of sp³-hybridized carbons (Fsp3) is 0.371. The van der Waals surface area contributed by atoms with Crippen LogP contribution in [0.15, 0.2) is 78.9 Å². The van der Waals surface area contributed by atoms with Gasteiger partial charge >= 0.3 is 6.09 Å². The van der Waals surface area contributed by atoms with Gasteiger partial charge in [-0.1, -0.05) is 74.4 Å². The number of carbonyl (C=O) groups excluding carboxylic acids is 3. The highest BCUT2D eigenvalue weighted by Gasteiger charge is 2.54. The summed E-state index contributed by atoms with van der Waals surface area (Å²) in [5.74, 6) is -1.32. The van der Waals surface area contributed by atoms with E-state index in [0.717, 1.165) is 12.0 Å². The zero-order valence-corrected chi connectivity index (χ0v) is 26.2. The van der Waals surface area contributed by atoms with Crippen LogP contribution in [0.2, 0.25) is 0 Å². The number of rotatable bonds is 12. The van der Waals surface area contributed by atoms with Gasteiger partial charge in [0.15, 0.2) is 12.3 Å². The zero-order valence-electron chi connectivity index (χ0n) is 26.2. The molecule has 2 aliphatic rings. The molecule has 2 aliphatic heterocycles. The molecule has 0 aliphatic carbocycles. The third-order valence-electron chi connectivity index (χ3n) is 8.60. The minimum atomic E-state index is -1.45. The standard InChI is InChI=1S/C35H40N4O8/c1-2-3-9-28(32(42)36-19-18-23-7-5-4-6-8-23)37-22-31-38(29(33(37)43)20-24-10-14-26(40)15-11-24)34(44)30(47-39(31)35(45)46)21-25-12-16-27(41)17-13-25/h4-8,10-17,28-31,40-41H,2-3,9,18-22H2,1H3,(H,36,42)(H,45,46). The summed E-state index contributed by atoms with van der Waals surface area (Å²) >= 11 is 0. The van der Waals surface area contributed by atoms with Crippen LogP contribution in [0.5, 0.6) is 11.5 Å². The number of fused-ring (bicyclic) bond motifs is 1. The van der Waals surface area contributed by atoms with Crippen molar-refractivity contribution < 1.29 is 39.3 Å². The number of phenols is 2. The largest absolute Gasteiger partial charge is 0.508 e. The van der Waals surface area contributed by atoms with Crippen molar-refractivity contribution in [2.75, 3.05) is 13.1 Å². The fourth-order valence-corrected chi connectivity index (χ4v) is 6.16. The predicted molar refractivity (Wildman–Crippen MR) is 171 cm³/mol. The van der Waals surface area contributed by atoms with E-state index in [9.17, 15) is 34.5 Å². The third-order valence-corrected chi connectivity index (χ3v) is 8.60. The molecular weight excluding hydrogens is 604 g/mol. The minimum Gasteiger partial charge on any atom is -0.508 e. The molecule has 4 unspecified atom stereocenters. The molecule has 47 heavy (non-hydrogen) atoms. The summed E-state index contributed by atoms with van der Waals surface area (Å²) in [6.45, 7) is 2.07. The highest BCUT2D eigenvalue weighted by atomic mass is 16.7. The average molecular weight is 645 g/mol. The first-order chi connectivity index (χ1) is 22.7. The maximum atomic E-state index is 14.4. The Morgan fingerprint density at radius 1 is 0.872 bits per heavy atom. The topological polar surface area (TPSA) is 160 Å². The van der Waals surface area contributed by atoms with Crippen LogP contribution in [0, 0.1) is 0 Å². The molecule has 0 spiro atoms. The molecule has 0 radical (unpaired) electrons. The lowest BCUT2D eigenvalue weighted by Gasteiger charge is -2.53. The lowest BCUT2D eigenvalue weighted by molar-refractivity contribution is -0.265. The van der Waals surface area contributed by atoms with Gasteiger partial charge in [0.05, 0.1) is 6.54 Å². The van der Waals surface area contributed by atoms with E-state index in [1.165, 1.54) is 34.1 Å². The van der Waals surface area contributed by atoms with Gasteiger partial charge in [-0.05, 0) is 53.8 Å². The number of amides is 4. The molecule has 2 fully saturated rings. The number of hydroxylamine groups is 2. The second kappa shape index (κ2) is 15.0. The van der Waals surface area contributed by atoms with E-state index in [0.29, 0.717) is 42.0 Å². The Balaban J connectivity index is 1.46. The van der Waals surface area contributed by atoms with Crippen LogP contribution in [0.4, 0.5) is 4.79 Å². The Morgan fingerprint density at radius 3 is 2.09 bits per heavy atom. The van der Waals surface area contributed by atoms with Crippen LogP contribution in [0.25, 0.3) is 0 Å². The highest BCUT2D eigenvalue weighted by Crippen LogP contribution is 2.32. The Labute approximate surface area is 273 Å². The van der Waals surface area contributed by atoms with Gasteiger partial charge in [-0.25, -0.2) is 4.79 Å². The Hall–Kier alpha value is -5.10. The summed E-state index contributed by atoms with van der Waals surface area (Å²) in [6, 6.07) is 20.0. The van der Waals surface area contributed by atoms with Gasteiger partial charge in [0.25, 0.3) is 5.91 Å². The number of phenolic OH excluding ortho intramolecular Hbond substituents is 2. The number of hydrogen-bond donors (Lipinski definition) is 4. The zero-order chi connectivity index (χ0) is 33.5. The normalized spacial score (nSPS) is 20.1. The van der Waals surface area contributed by atoms with Crippen molar-refractivity contribution in [2.24, 2.45) is 0 Å². The van der Waals surface area contributed by atoms with Gasteiger partial charge in [0, 0.05) is 19.4 Å². The van der Waals surface area contributed by atoms with Crippen LogP contribution in [0.3, 0.4) is 0 Å². The molecule has 4 N–H and O–H groups in total. The molecule has 3 aromatic carbocycles. The number of carbonyl (C=O) groups is 4. The van der Waals surface area contributed by atoms with Crippen molar-refractivity contribution in [3.05, 3.63) is 95.6 Å². The maximum Gasteiger partial charge on any atom is 0.433 e. The van der Waals surface area contributed by atoms with E-state index in [-0.39, 0.29) is 36.8 Å². The minimum absolute atomic E-state index is 0.00110. The van der Waals surface area contributed by atoms with Crippen molar-refractivity contribution in [1.82, 2.24) is 20.2 Å². The van der Waals surface area contributed by atoms with Gasteiger partial charge in [0.1, 0.15) is 23.6 Å². The Bertz CT molecular complexity index is 1550. The maximum absolute atomic E-state index is 14.4. The number of nitrogens with one attached hydrogen (secondary N) is 1. The van der Waals surface area contributed by atoms with E-state index < -0.39 is 42.3 Å². The smallest absolute Gasteiger partial charge is 0.433 e. The first kappa shape index (κ1) is 33.3. The van der Waals surface area contributed by atoms with Crippen LogP contribution in [-0.2, 0) is 38.5 Å². The van der Waals surface area contributed by atoms with Crippen LogP contribution in [-0.4, -0.2) is 91.4 Å². The third kappa shape index (κ3) is 7.83. The molecule has 4 amide bonds. The highest BCUT2D eigenvalue weighted by molar-refractivity contribution is 5.95. The molecule has 5 rings (SSSR count). The SMILES string of the molecule is CCCCC(C(=O)NCCc1ccccc1)N1CC2N(C(=O)O)OC(Cc3ccc(O)cc3)C(=O)N2C(Cc2ccc(O)cc2)C1=O. The molecular formula is C35H40N4O8. The monoisotopic (exact) mass is 644 g/mol. The van der Waals surface area contributed by atoms with Crippen molar-refractivity contribution >= 4 is 23.8 Å². The summed E-state index contributed by atoms with van der Waals surface area (Å²) in [5.41, 5.74) is 2.31. The van der Waals surface area contributed by atoms with Crippen molar-refractivity contribution in [1.29, 1.82) is 0 Å². The molecule has 0 saturated carbocycles. The summed E-state index contributed by atoms with van der Waals surface area (Å²) in [7, 11) is 0. The summed E-state index contributed by atoms with van der Waals surface area (Å²) < 4.78 is 0. The number of carboxylic acid groups (broad SMARTS) is 1. The van der Waals surface area contributed by atoms with Gasteiger partial charge in [0.2, 0.25) is 11.8 Å². The molecule has 12 nitrogen and oxygen atoms in total. The Morgan fingerprint density at radius 2 is 1.49 bits per heavy atom. The van der Waals surface area contributed by atoms with Crippen LogP contribution < -0.4 is 5.32 Å². The predicted octanol–water partition coefficient (Wildman–Crippen LogP) is 3.46. The number of unbranched alkanes of at least 4 members (excludes halogenated alkanes) is 1. The summed E-state index contributed by atoms with van der Waals surface area (Å²) in [5, 5.41) is 33.5. The van der Waals surface area contributed by atoms with E-state index in [1.807, 2.05) is 37.3 Å². The number of aromatic hydroxyl groups is 2. The second-order valence-corrected chi connectivity index (χ2v) is 11.9. The van der Waals surface area contributed by atoms with Gasteiger partial charge in [-0.15, -0.1) is 0 Å². The summed E-state index contributed by atoms with van der Waals surface area (Å²) in [4.78, 5) is 63.4. The first-order valence-electron chi connectivity index (χ1n) is 15.8. The van der Waals surface area contributed by atoms with Crippen molar-refractivity contribution in [3.63, 3.8) is 0 Å². The molecule has 0 aromatic heterocycles. The molecule has 2 saturated heterocycles. The van der Waals surface area contributed by atoms with E-state index in [4.69, 9.17) is 4.84 Å². The van der Waals surface area contributed by atoms with Crippen molar-refractivity contribution in [2.45, 2.75) is 69.8 Å². The molecule has 3 aromatic rings. The van der Waals surface area contributed by atoms with Gasteiger partial charge in [-0.2, -0.15) is 5.06 Å². The molecule has 4 atom stereocenters. The first-order valence-corrected chi connectivity index (χ1v) is 15.8. The second-order valence-electron chi connectivity index (χ2n) is 11.9. The molecule has 0 bridgehead atoms. The van der Waals surface area contributed by atoms with E-state index >= 15 is 0 Å². The van der Waals surface area contributed by atoms with E-state index in [1.54, 1.807) is 24.3 Å². The average Bonchev–Trinajstić information content (AvgIpc) is 3.06. The van der Waals surface area contributed by atoms with Crippen LogP contribution in [0.1, 0.15) is 42.9 Å². The number of piperazine rings is 1. The molecule has 12 heteroatoms. The lowest BCUT2D eigenvalue weighted by atomic mass is 9.95. The molecule has 2 heterocycles. The fourth-order valence-electron chi connectivity index (χ4n) is 6.16. The van der Waals surface area contributed by atoms with Crippen LogP contribution >= 0.6 is 0 Å². The number of nitrogens with zero attached hydrogens (tertiary/aromatic N) is 3. The van der Waals surface area contributed by atoms with Gasteiger partial charge in [-0.3, -0.25) is 19.2 Å². The van der Waals surface area contributed by atoms with Crippen molar-refractivity contribution in [3.8, 4) is 11.5 Å². The number of benzene rings is 3. The summed E-state index contributed by atoms with van der Waals surface area (Å²) in [6.07, 6.45) is -1.54. The Kier molecular flexibility index (Phi) is 10.6. The van der Waals surface area contributed by atoms with E-state index in [2.05, 4.69) is 5.32 Å². The number of hydrogen-bond acceptors (Lipinski definition) is 7. The lowest BCUT2D eigenvalue weighted by Crippen LogP contribution is -2.75. The van der Waals surface area contributed by atoms with Gasteiger partial charge < -0.3 is 30.4 Å². The molecule has 248 valence electrons.